The van der Waals surface area contributed by atoms with Gasteiger partial charge in [-0.05, 0) is 19.3 Å². The van der Waals surface area contributed by atoms with E-state index >= 15 is 0 Å². The molecule has 7 N–H and O–H groups in total. The first kappa shape index (κ1) is 18.2. The predicted molar refractivity (Wildman–Crippen MR) is 88.4 cm³/mol. The number of guanidine groups is 1. The maximum atomic E-state index is 12.8. The van der Waals surface area contributed by atoms with Crippen LogP contribution in [0.25, 0.3) is 0 Å². The van der Waals surface area contributed by atoms with Crippen molar-refractivity contribution in [2.75, 3.05) is 19.6 Å². The fourth-order valence-electron chi connectivity index (χ4n) is 3.66. The molecule has 9 nitrogen and oxygen atoms in total. The number of nitrogens with two attached hydrogens (primary N) is 3. The predicted octanol–water partition coefficient (Wildman–Crippen LogP) is -1.73. The van der Waals surface area contributed by atoms with Gasteiger partial charge in [-0.25, -0.2) is 0 Å². The third kappa shape index (κ3) is 3.08. The van der Waals surface area contributed by atoms with E-state index in [1.165, 1.54) is 4.90 Å². The average molecular weight is 338 g/mol. The molecule has 0 aromatic heterocycles. The monoisotopic (exact) mass is 338 g/mol. The molecule has 0 bridgehead atoms. The van der Waals surface area contributed by atoms with Gasteiger partial charge in [-0.3, -0.25) is 24.3 Å². The Kier molecular flexibility index (Phi) is 5.43. The Hall–Kier alpha value is -2.16. The number of rotatable bonds is 8. The van der Waals surface area contributed by atoms with Crippen LogP contribution in [0.3, 0.4) is 0 Å². The van der Waals surface area contributed by atoms with Crippen molar-refractivity contribution >= 4 is 23.7 Å². The lowest BCUT2D eigenvalue weighted by Crippen LogP contribution is -2.58. The van der Waals surface area contributed by atoms with Crippen molar-refractivity contribution in [2.45, 2.75) is 38.1 Å². The van der Waals surface area contributed by atoms with Crippen molar-refractivity contribution in [1.29, 1.82) is 0 Å². The summed E-state index contributed by atoms with van der Waals surface area (Å²) in [6.45, 7) is 3.00. The quantitative estimate of drug-likeness (QED) is 0.178. The lowest BCUT2D eigenvalue weighted by molar-refractivity contribution is -0.143. The SMILES string of the molecule is CCCCN1C(=O)C2CNC(CCCN=C(N)N)(C(N)=O)C2C1=O. The van der Waals surface area contributed by atoms with E-state index in [1.807, 2.05) is 6.92 Å². The third-order valence-corrected chi connectivity index (χ3v) is 4.88. The van der Waals surface area contributed by atoms with Gasteiger partial charge in [0, 0.05) is 19.6 Å². The van der Waals surface area contributed by atoms with Crippen LogP contribution in [-0.4, -0.2) is 53.8 Å². The highest BCUT2D eigenvalue weighted by molar-refractivity contribution is 6.09. The van der Waals surface area contributed by atoms with E-state index in [1.54, 1.807) is 0 Å². The fourth-order valence-corrected chi connectivity index (χ4v) is 3.66. The van der Waals surface area contributed by atoms with Gasteiger partial charge >= 0.3 is 0 Å². The van der Waals surface area contributed by atoms with Crippen LogP contribution in [0.4, 0.5) is 0 Å². The van der Waals surface area contributed by atoms with E-state index in [0.29, 0.717) is 25.9 Å². The van der Waals surface area contributed by atoms with Crippen LogP contribution in [0.5, 0.6) is 0 Å². The number of hydrogen-bond donors (Lipinski definition) is 4. The number of nitrogens with one attached hydrogen (secondary N) is 1. The average Bonchev–Trinajstić information content (AvgIpc) is 3.01. The summed E-state index contributed by atoms with van der Waals surface area (Å²) in [7, 11) is 0. The molecule has 3 unspecified atom stereocenters. The molecule has 0 radical (unpaired) electrons. The summed E-state index contributed by atoms with van der Waals surface area (Å²) >= 11 is 0. The third-order valence-electron chi connectivity index (χ3n) is 4.88. The van der Waals surface area contributed by atoms with Crippen molar-refractivity contribution < 1.29 is 14.4 Å². The van der Waals surface area contributed by atoms with Crippen molar-refractivity contribution in [1.82, 2.24) is 10.2 Å². The molecule has 0 aromatic carbocycles. The van der Waals surface area contributed by atoms with E-state index in [9.17, 15) is 14.4 Å². The molecular formula is C15H26N6O3. The Labute approximate surface area is 141 Å². The smallest absolute Gasteiger partial charge is 0.238 e. The molecular weight excluding hydrogens is 312 g/mol. The van der Waals surface area contributed by atoms with E-state index < -0.39 is 23.3 Å². The highest BCUT2D eigenvalue weighted by Crippen LogP contribution is 2.41. The Morgan fingerprint density at radius 2 is 2.00 bits per heavy atom. The van der Waals surface area contributed by atoms with Gasteiger partial charge in [0.2, 0.25) is 17.7 Å². The molecule has 134 valence electrons. The zero-order valence-corrected chi connectivity index (χ0v) is 14.0. The number of amides is 3. The number of hydrogen-bond acceptors (Lipinski definition) is 5. The van der Waals surface area contributed by atoms with Crippen LogP contribution in [0, 0.1) is 11.8 Å². The van der Waals surface area contributed by atoms with Gasteiger partial charge in [-0.15, -0.1) is 0 Å². The normalized spacial score (nSPS) is 29.0. The van der Waals surface area contributed by atoms with Gasteiger partial charge in [0.1, 0.15) is 5.54 Å². The number of unbranched alkanes of at least 4 members (excludes halogenated alkanes) is 1. The summed E-state index contributed by atoms with van der Waals surface area (Å²) in [5.41, 5.74) is 15.0. The van der Waals surface area contributed by atoms with Crippen LogP contribution in [0.2, 0.25) is 0 Å². The molecule has 0 aromatic rings. The highest BCUT2D eigenvalue weighted by Gasteiger charge is 2.63. The minimum absolute atomic E-state index is 0.0294. The molecule has 3 amide bonds. The molecule has 2 rings (SSSR count). The lowest BCUT2D eigenvalue weighted by atomic mass is 9.77. The number of primary amides is 1. The van der Waals surface area contributed by atoms with Crippen molar-refractivity contribution in [2.24, 2.45) is 34.0 Å². The van der Waals surface area contributed by atoms with E-state index in [0.717, 1.165) is 12.8 Å². The Balaban J connectivity index is 2.18. The zero-order chi connectivity index (χ0) is 17.9. The molecule has 2 aliphatic heterocycles. The Bertz CT molecular complexity index is 559. The van der Waals surface area contributed by atoms with Crippen molar-refractivity contribution in [3.63, 3.8) is 0 Å². The van der Waals surface area contributed by atoms with Gasteiger partial charge in [-0.1, -0.05) is 13.3 Å². The molecule has 9 heteroatoms. The molecule has 0 saturated carbocycles. The standard InChI is InChI=1S/C15H26N6O3/c1-2-3-7-21-11(22)9-8-20-15(13(16)24,10(9)12(21)23)5-4-6-19-14(17)18/h9-10,20H,2-8H2,1H3,(H2,16,24)(H4,17,18,19). The Morgan fingerprint density at radius 1 is 1.29 bits per heavy atom. The van der Waals surface area contributed by atoms with Gasteiger partial charge in [0.15, 0.2) is 5.96 Å². The number of carbonyl (C=O) groups excluding carboxylic acids is 3. The molecule has 0 spiro atoms. The van der Waals surface area contributed by atoms with Crippen LogP contribution in [0.15, 0.2) is 4.99 Å². The molecule has 3 atom stereocenters. The molecule has 2 heterocycles. The van der Waals surface area contributed by atoms with E-state index in [4.69, 9.17) is 17.2 Å². The fraction of sp³-hybridized carbons (Fsp3) is 0.733. The van der Waals surface area contributed by atoms with Crippen molar-refractivity contribution in [3.8, 4) is 0 Å². The molecule has 24 heavy (non-hydrogen) atoms. The molecule has 2 aliphatic rings. The number of fused-ring (bicyclic) bond motifs is 1. The maximum absolute atomic E-state index is 12.8. The van der Waals surface area contributed by atoms with Gasteiger partial charge in [0.05, 0.1) is 11.8 Å². The second kappa shape index (κ2) is 7.16. The minimum atomic E-state index is -1.21. The first-order valence-corrected chi connectivity index (χ1v) is 8.30. The summed E-state index contributed by atoms with van der Waals surface area (Å²) in [5, 5.41) is 3.04. The van der Waals surface area contributed by atoms with Crippen LogP contribution in [0.1, 0.15) is 32.6 Å². The number of aliphatic imine (C=N–C) groups is 1. The summed E-state index contributed by atoms with van der Waals surface area (Å²) in [6.07, 6.45) is 2.41. The first-order chi connectivity index (χ1) is 11.3. The minimum Gasteiger partial charge on any atom is -0.370 e. The first-order valence-electron chi connectivity index (χ1n) is 8.30. The largest absolute Gasteiger partial charge is 0.370 e. The topological polar surface area (TPSA) is 157 Å². The highest BCUT2D eigenvalue weighted by atomic mass is 16.2. The van der Waals surface area contributed by atoms with Crippen LogP contribution < -0.4 is 22.5 Å². The molecule has 0 aliphatic carbocycles. The Morgan fingerprint density at radius 3 is 2.58 bits per heavy atom. The number of imide groups is 1. The zero-order valence-electron chi connectivity index (χ0n) is 14.0. The van der Waals surface area contributed by atoms with Crippen molar-refractivity contribution in [3.05, 3.63) is 0 Å². The number of likely N-dealkylation sites (tertiary alicyclic amines) is 1. The summed E-state index contributed by atoms with van der Waals surface area (Å²) in [4.78, 5) is 42.6. The number of nitrogens with zero attached hydrogens (tertiary/aromatic N) is 2. The van der Waals surface area contributed by atoms with Gasteiger partial charge in [-0.2, -0.15) is 0 Å². The molecule has 2 saturated heterocycles. The lowest BCUT2D eigenvalue weighted by Gasteiger charge is -2.31. The summed E-state index contributed by atoms with van der Waals surface area (Å²) in [5.74, 6) is -2.41. The molecule has 2 fully saturated rings. The van der Waals surface area contributed by atoms with E-state index in [-0.39, 0.29) is 24.3 Å². The summed E-state index contributed by atoms with van der Waals surface area (Å²) < 4.78 is 0. The summed E-state index contributed by atoms with van der Waals surface area (Å²) in [6, 6.07) is 0. The van der Waals surface area contributed by atoms with Crippen LogP contribution >= 0.6 is 0 Å². The number of carbonyl (C=O) groups is 3. The maximum Gasteiger partial charge on any atom is 0.238 e. The van der Waals surface area contributed by atoms with E-state index in [2.05, 4.69) is 10.3 Å². The second-order valence-electron chi connectivity index (χ2n) is 6.39. The second-order valence-corrected chi connectivity index (χ2v) is 6.39. The van der Waals surface area contributed by atoms with Gasteiger partial charge in [0.25, 0.3) is 0 Å². The van der Waals surface area contributed by atoms with Gasteiger partial charge < -0.3 is 22.5 Å². The van der Waals surface area contributed by atoms with Crippen LogP contribution in [-0.2, 0) is 14.4 Å².